The van der Waals surface area contributed by atoms with Crippen molar-refractivity contribution < 1.29 is 4.52 Å². The zero-order chi connectivity index (χ0) is 10.1. The molecule has 2 aromatic heterocycles. The molecule has 2 heterocycles. The highest BCUT2D eigenvalue weighted by molar-refractivity contribution is 5.66. The Kier molecular flexibility index (Phi) is 1.93. The standard InChI is InChI=1S/C7H10N6O/c1-13-6(4(9)3-10-13)7-11-5(2-8)14-12-7/h3H,2,8-9H2,1H3. The van der Waals surface area contributed by atoms with Crippen molar-refractivity contribution >= 4 is 5.69 Å². The molecule has 0 unspecified atom stereocenters. The molecule has 0 aliphatic heterocycles. The van der Waals surface area contributed by atoms with Crippen LogP contribution in [0.4, 0.5) is 5.69 Å². The first-order valence-electron chi connectivity index (χ1n) is 4.03. The largest absolute Gasteiger partial charge is 0.396 e. The smallest absolute Gasteiger partial charge is 0.240 e. The molecule has 0 aliphatic carbocycles. The number of anilines is 1. The summed E-state index contributed by atoms with van der Waals surface area (Å²) < 4.78 is 6.45. The summed E-state index contributed by atoms with van der Waals surface area (Å²) in [5.74, 6) is 0.781. The summed E-state index contributed by atoms with van der Waals surface area (Å²) in [5, 5.41) is 7.71. The molecule has 2 aromatic rings. The van der Waals surface area contributed by atoms with E-state index in [9.17, 15) is 0 Å². The highest BCUT2D eigenvalue weighted by Gasteiger charge is 2.14. The third kappa shape index (κ3) is 1.23. The average molecular weight is 194 g/mol. The minimum Gasteiger partial charge on any atom is -0.396 e. The lowest BCUT2D eigenvalue weighted by Crippen LogP contribution is -1.99. The van der Waals surface area contributed by atoms with Crippen LogP contribution in [0.5, 0.6) is 0 Å². The van der Waals surface area contributed by atoms with Gasteiger partial charge in [0.15, 0.2) is 0 Å². The van der Waals surface area contributed by atoms with Crippen LogP contribution in [0.3, 0.4) is 0 Å². The van der Waals surface area contributed by atoms with Crippen LogP contribution in [0.1, 0.15) is 5.89 Å². The van der Waals surface area contributed by atoms with E-state index in [2.05, 4.69) is 15.2 Å². The topological polar surface area (TPSA) is 109 Å². The summed E-state index contributed by atoms with van der Waals surface area (Å²) in [4.78, 5) is 4.05. The number of hydrogen-bond acceptors (Lipinski definition) is 6. The van der Waals surface area contributed by atoms with Gasteiger partial charge in [-0.25, -0.2) is 0 Å². The first-order chi connectivity index (χ1) is 6.72. The normalized spacial score (nSPS) is 10.7. The van der Waals surface area contributed by atoms with Crippen LogP contribution in [0.15, 0.2) is 10.7 Å². The number of nitrogens with zero attached hydrogens (tertiary/aromatic N) is 4. The molecule has 0 bridgehead atoms. The van der Waals surface area contributed by atoms with Gasteiger partial charge in [0, 0.05) is 7.05 Å². The van der Waals surface area contributed by atoms with E-state index in [1.807, 2.05) is 0 Å². The van der Waals surface area contributed by atoms with E-state index < -0.39 is 0 Å². The molecule has 4 N–H and O–H groups in total. The minimum absolute atomic E-state index is 0.213. The second-order valence-electron chi connectivity index (χ2n) is 2.79. The van der Waals surface area contributed by atoms with Crippen molar-refractivity contribution in [1.82, 2.24) is 19.9 Å². The zero-order valence-electron chi connectivity index (χ0n) is 7.64. The van der Waals surface area contributed by atoms with E-state index in [4.69, 9.17) is 16.0 Å². The first kappa shape index (κ1) is 8.70. The third-order valence-corrected chi connectivity index (χ3v) is 1.82. The fourth-order valence-electron chi connectivity index (χ4n) is 1.16. The van der Waals surface area contributed by atoms with Crippen LogP contribution in [-0.4, -0.2) is 19.9 Å². The number of aryl methyl sites for hydroxylation is 1. The number of rotatable bonds is 2. The van der Waals surface area contributed by atoms with Crippen LogP contribution in [-0.2, 0) is 13.6 Å². The molecular weight excluding hydrogens is 184 g/mol. The van der Waals surface area contributed by atoms with E-state index >= 15 is 0 Å². The highest BCUT2D eigenvalue weighted by atomic mass is 16.5. The lowest BCUT2D eigenvalue weighted by Gasteiger charge is -1.95. The van der Waals surface area contributed by atoms with E-state index in [0.717, 1.165) is 0 Å². The Morgan fingerprint density at radius 1 is 1.57 bits per heavy atom. The maximum atomic E-state index is 5.69. The third-order valence-electron chi connectivity index (χ3n) is 1.82. The Morgan fingerprint density at radius 2 is 2.36 bits per heavy atom. The predicted octanol–water partition coefficient (Wildman–Crippen LogP) is -0.489. The molecule has 0 spiro atoms. The zero-order valence-corrected chi connectivity index (χ0v) is 7.64. The minimum atomic E-state index is 0.213. The number of nitrogens with two attached hydrogens (primary N) is 2. The fraction of sp³-hybridized carbons (Fsp3) is 0.286. The monoisotopic (exact) mass is 194 g/mol. The van der Waals surface area contributed by atoms with Gasteiger partial charge in [-0.2, -0.15) is 10.1 Å². The molecule has 14 heavy (non-hydrogen) atoms. The van der Waals surface area contributed by atoms with Crippen LogP contribution in [0.2, 0.25) is 0 Å². The summed E-state index contributed by atoms with van der Waals surface area (Å²) in [6.07, 6.45) is 1.54. The molecule has 0 saturated heterocycles. The second-order valence-corrected chi connectivity index (χ2v) is 2.79. The predicted molar refractivity (Wildman–Crippen MR) is 48.8 cm³/mol. The van der Waals surface area contributed by atoms with Crippen molar-refractivity contribution in [2.45, 2.75) is 6.54 Å². The fourth-order valence-corrected chi connectivity index (χ4v) is 1.16. The van der Waals surface area contributed by atoms with Crippen molar-refractivity contribution in [2.75, 3.05) is 5.73 Å². The summed E-state index contributed by atoms with van der Waals surface area (Å²) in [6.45, 7) is 0.213. The second kappa shape index (κ2) is 3.11. The molecule has 0 atom stereocenters. The number of hydrogen-bond donors (Lipinski definition) is 2. The molecule has 2 rings (SSSR count). The summed E-state index contributed by atoms with van der Waals surface area (Å²) in [5.41, 5.74) is 12.2. The molecular formula is C7H10N6O. The quantitative estimate of drug-likeness (QED) is 0.667. The number of nitrogen functional groups attached to an aromatic ring is 1. The van der Waals surface area contributed by atoms with Crippen molar-refractivity contribution in [1.29, 1.82) is 0 Å². The van der Waals surface area contributed by atoms with Crippen molar-refractivity contribution in [3.8, 4) is 11.5 Å². The van der Waals surface area contributed by atoms with Gasteiger partial charge in [-0.3, -0.25) is 4.68 Å². The van der Waals surface area contributed by atoms with Crippen molar-refractivity contribution in [3.05, 3.63) is 12.1 Å². The lowest BCUT2D eigenvalue weighted by molar-refractivity contribution is 0.380. The van der Waals surface area contributed by atoms with Crippen LogP contribution >= 0.6 is 0 Å². The highest BCUT2D eigenvalue weighted by Crippen LogP contribution is 2.21. The summed E-state index contributed by atoms with van der Waals surface area (Å²) >= 11 is 0. The Labute approximate surface area is 79.7 Å². The van der Waals surface area contributed by atoms with Crippen molar-refractivity contribution in [2.24, 2.45) is 12.8 Å². The Bertz CT molecular complexity index is 425. The van der Waals surface area contributed by atoms with E-state index in [-0.39, 0.29) is 6.54 Å². The molecule has 0 aromatic carbocycles. The molecule has 0 radical (unpaired) electrons. The lowest BCUT2D eigenvalue weighted by atomic mass is 10.3. The van der Waals surface area contributed by atoms with Crippen LogP contribution in [0.25, 0.3) is 11.5 Å². The summed E-state index contributed by atoms with van der Waals surface area (Å²) in [6, 6.07) is 0. The van der Waals surface area contributed by atoms with Gasteiger partial charge in [-0.15, -0.1) is 0 Å². The molecule has 7 nitrogen and oxygen atoms in total. The SMILES string of the molecule is Cn1ncc(N)c1-c1noc(CN)n1. The molecule has 0 fully saturated rings. The van der Waals surface area contributed by atoms with Gasteiger partial charge in [0.05, 0.1) is 18.4 Å². The maximum Gasteiger partial charge on any atom is 0.240 e. The van der Waals surface area contributed by atoms with Gasteiger partial charge >= 0.3 is 0 Å². The molecule has 0 saturated carbocycles. The van der Waals surface area contributed by atoms with Crippen LogP contribution in [0, 0.1) is 0 Å². The van der Waals surface area contributed by atoms with Gasteiger partial charge in [-0.1, -0.05) is 5.16 Å². The average Bonchev–Trinajstić information content (AvgIpc) is 2.73. The van der Waals surface area contributed by atoms with Gasteiger partial charge in [0.25, 0.3) is 0 Å². The maximum absolute atomic E-state index is 5.69. The molecule has 7 heteroatoms. The Hall–Kier alpha value is -1.89. The Balaban J connectivity index is 2.48. The van der Waals surface area contributed by atoms with Gasteiger partial charge < -0.3 is 16.0 Å². The van der Waals surface area contributed by atoms with E-state index in [1.54, 1.807) is 11.7 Å². The molecule has 0 aliphatic rings. The van der Waals surface area contributed by atoms with Crippen molar-refractivity contribution in [3.63, 3.8) is 0 Å². The van der Waals surface area contributed by atoms with E-state index in [1.165, 1.54) is 6.20 Å². The van der Waals surface area contributed by atoms with Gasteiger partial charge in [0.1, 0.15) is 5.69 Å². The molecule has 74 valence electrons. The van der Waals surface area contributed by atoms with Gasteiger partial charge in [0.2, 0.25) is 11.7 Å². The van der Waals surface area contributed by atoms with E-state index in [0.29, 0.717) is 23.1 Å². The van der Waals surface area contributed by atoms with Gasteiger partial charge in [-0.05, 0) is 0 Å². The Morgan fingerprint density at radius 3 is 2.86 bits per heavy atom. The summed E-state index contributed by atoms with van der Waals surface area (Å²) in [7, 11) is 1.75. The van der Waals surface area contributed by atoms with Crippen LogP contribution < -0.4 is 11.5 Å². The number of aromatic nitrogens is 4. The molecule has 0 amide bonds. The first-order valence-corrected chi connectivity index (χ1v) is 4.03.